The average molecular weight is 344 g/mol. The van der Waals surface area contributed by atoms with Gasteiger partial charge >= 0.3 is 5.97 Å². The number of hydrogen-bond donors (Lipinski definition) is 1. The van der Waals surface area contributed by atoms with Crippen molar-refractivity contribution in [1.82, 2.24) is 4.98 Å². The maximum absolute atomic E-state index is 12.2. The molecule has 4 heteroatoms. The van der Waals surface area contributed by atoms with Crippen molar-refractivity contribution in [2.45, 2.75) is 26.2 Å². The summed E-state index contributed by atoms with van der Waals surface area (Å²) in [7, 11) is 0. The van der Waals surface area contributed by atoms with Gasteiger partial charge in [-0.3, -0.25) is 0 Å². The van der Waals surface area contributed by atoms with Crippen molar-refractivity contribution < 1.29 is 9.53 Å². The van der Waals surface area contributed by atoms with E-state index in [2.05, 4.69) is 30.7 Å². The first-order chi connectivity index (χ1) is 12.4. The van der Waals surface area contributed by atoms with E-state index in [0.717, 1.165) is 22.2 Å². The van der Waals surface area contributed by atoms with E-state index in [9.17, 15) is 4.79 Å². The van der Waals surface area contributed by atoms with Crippen LogP contribution in [0.15, 0.2) is 65.3 Å². The van der Waals surface area contributed by atoms with Crippen molar-refractivity contribution in [3.05, 3.63) is 77.1 Å². The summed E-state index contributed by atoms with van der Waals surface area (Å²) in [5, 5.41) is 1.09. The number of cyclic esters (lactones) is 1. The molecule has 0 fully saturated rings. The maximum Gasteiger partial charge on any atom is 0.363 e. The maximum atomic E-state index is 12.2. The van der Waals surface area contributed by atoms with E-state index in [-0.39, 0.29) is 5.41 Å². The molecule has 0 unspecified atom stereocenters. The van der Waals surface area contributed by atoms with Crippen molar-refractivity contribution in [3.8, 4) is 0 Å². The molecule has 0 radical (unpaired) electrons. The van der Waals surface area contributed by atoms with Gasteiger partial charge in [-0.15, -0.1) is 0 Å². The number of ether oxygens (including phenoxy) is 1. The molecule has 1 aromatic heterocycles. The van der Waals surface area contributed by atoms with Gasteiger partial charge in [0, 0.05) is 16.8 Å². The first-order valence-electron chi connectivity index (χ1n) is 8.61. The molecule has 0 amide bonds. The molecule has 0 saturated heterocycles. The molecule has 4 nitrogen and oxygen atoms in total. The summed E-state index contributed by atoms with van der Waals surface area (Å²) in [6.07, 6.45) is 1.72. The zero-order valence-corrected chi connectivity index (χ0v) is 15.0. The van der Waals surface area contributed by atoms with Gasteiger partial charge in [0.15, 0.2) is 5.70 Å². The van der Waals surface area contributed by atoms with Gasteiger partial charge in [-0.1, -0.05) is 51.1 Å². The van der Waals surface area contributed by atoms with E-state index in [0.29, 0.717) is 11.6 Å². The molecule has 1 N–H and O–H groups in total. The normalized spacial score (nSPS) is 16.2. The number of aliphatic imine (C=N–C) groups is 1. The Morgan fingerprint density at radius 3 is 2.46 bits per heavy atom. The lowest BCUT2D eigenvalue weighted by molar-refractivity contribution is -0.129. The summed E-state index contributed by atoms with van der Waals surface area (Å²) >= 11 is 0. The summed E-state index contributed by atoms with van der Waals surface area (Å²) in [5.74, 6) is -0.0867. The summed E-state index contributed by atoms with van der Waals surface area (Å²) in [6.45, 7) is 6.49. The fourth-order valence-electron chi connectivity index (χ4n) is 2.97. The number of aromatic amines is 1. The molecular weight excluding hydrogens is 324 g/mol. The number of benzene rings is 2. The van der Waals surface area contributed by atoms with Gasteiger partial charge in [0.05, 0.1) is 0 Å². The van der Waals surface area contributed by atoms with E-state index < -0.39 is 5.97 Å². The zero-order valence-electron chi connectivity index (χ0n) is 15.0. The monoisotopic (exact) mass is 344 g/mol. The number of esters is 1. The van der Waals surface area contributed by atoms with Crippen LogP contribution in [0, 0.1) is 0 Å². The first-order valence-corrected chi connectivity index (χ1v) is 8.61. The van der Waals surface area contributed by atoms with Crippen LogP contribution >= 0.6 is 0 Å². The Morgan fingerprint density at radius 1 is 1.04 bits per heavy atom. The van der Waals surface area contributed by atoms with Crippen LogP contribution in [0.25, 0.3) is 17.0 Å². The van der Waals surface area contributed by atoms with Crippen molar-refractivity contribution >= 4 is 28.8 Å². The van der Waals surface area contributed by atoms with E-state index in [1.54, 1.807) is 6.08 Å². The highest BCUT2D eigenvalue weighted by Gasteiger charge is 2.24. The topological polar surface area (TPSA) is 54.5 Å². The lowest BCUT2D eigenvalue weighted by Gasteiger charge is -2.18. The Kier molecular flexibility index (Phi) is 3.76. The van der Waals surface area contributed by atoms with Crippen LogP contribution < -0.4 is 0 Å². The molecule has 3 aromatic rings. The number of rotatable bonds is 2. The molecule has 1 aliphatic rings. The van der Waals surface area contributed by atoms with Crippen LogP contribution in [0.5, 0.6) is 0 Å². The molecule has 0 saturated carbocycles. The number of nitrogens with zero attached hydrogens (tertiary/aromatic N) is 1. The minimum atomic E-state index is -0.432. The second-order valence-corrected chi connectivity index (χ2v) is 7.48. The molecule has 4 rings (SSSR count). The van der Waals surface area contributed by atoms with Gasteiger partial charge in [0.1, 0.15) is 0 Å². The Labute approximate surface area is 152 Å². The fourth-order valence-corrected chi connectivity index (χ4v) is 2.97. The lowest BCUT2D eigenvalue weighted by atomic mass is 9.87. The smallest absolute Gasteiger partial charge is 0.363 e. The first kappa shape index (κ1) is 16.3. The third-order valence-electron chi connectivity index (χ3n) is 4.46. The highest BCUT2D eigenvalue weighted by Crippen LogP contribution is 2.25. The second kappa shape index (κ2) is 5.99. The summed E-state index contributed by atoms with van der Waals surface area (Å²) in [5.41, 5.74) is 4.24. The quantitative estimate of drug-likeness (QED) is 0.536. The number of hydrogen-bond acceptors (Lipinski definition) is 3. The number of aromatic nitrogens is 1. The van der Waals surface area contributed by atoms with Crippen molar-refractivity contribution in [2.24, 2.45) is 4.99 Å². The van der Waals surface area contributed by atoms with Crippen molar-refractivity contribution in [2.75, 3.05) is 0 Å². The van der Waals surface area contributed by atoms with Gasteiger partial charge in [-0.25, -0.2) is 9.79 Å². The second-order valence-electron chi connectivity index (χ2n) is 7.48. The Morgan fingerprint density at radius 2 is 1.77 bits per heavy atom. The largest absolute Gasteiger partial charge is 0.402 e. The Balaban J connectivity index is 1.64. The van der Waals surface area contributed by atoms with Gasteiger partial charge in [0.25, 0.3) is 0 Å². The standard InChI is InChI=1S/C22H20N2O2/c1-22(2,3)16-10-8-14(9-11-16)20-24-19(21(25)26-20)13-17-12-15-6-4-5-7-18(15)23-17/h4-13,23H,1-3H3/b19-13-. The lowest BCUT2D eigenvalue weighted by Crippen LogP contribution is -2.11. The van der Waals surface area contributed by atoms with E-state index >= 15 is 0 Å². The number of carbonyl (C=O) groups is 1. The van der Waals surface area contributed by atoms with Crippen LogP contribution in [0.4, 0.5) is 0 Å². The molecule has 0 aliphatic carbocycles. The molecule has 2 aromatic carbocycles. The van der Waals surface area contributed by atoms with Gasteiger partial charge < -0.3 is 9.72 Å². The fraction of sp³-hybridized carbons (Fsp3) is 0.182. The third kappa shape index (κ3) is 3.06. The molecular formula is C22H20N2O2. The van der Waals surface area contributed by atoms with Crippen LogP contribution in [0.1, 0.15) is 37.6 Å². The Bertz CT molecular complexity index is 1010. The van der Waals surface area contributed by atoms with Gasteiger partial charge in [-0.05, 0) is 46.7 Å². The Hall–Kier alpha value is -3.14. The van der Waals surface area contributed by atoms with Crippen LogP contribution in [0.2, 0.25) is 0 Å². The van der Waals surface area contributed by atoms with E-state index in [1.807, 2.05) is 54.6 Å². The number of fused-ring (bicyclic) bond motifs is 1. The third-order valence-corrected chi connectivity index (χ3v) is 4.46. The van der Waals surface area contributed by atoms with Crippen molar-refractivity contribution in [1.29, 1.82) is 0 Å². The number of nitrogens with one attached hydrogen (secondary N) is 1. The predicted octanol–water partition coefficient (Wildman–Crippen LogP) is 4.81. The van der Waals surface area contributed by atoms with E-state index in [1.165, 1.54) is 5.56 Å². The SMILES string of the molecule is CC(C)(C)c1ccc(C2=N/C(=C\c3cc4ccccc4[nH]3)C(=O)O2)cc1. The van der Waals surface area contributed by atoms with Crippen LogP contribution in [-0.2, 0) is 14.9 Å². The van der Waals surface area contributed by atoms with Gasteiger partial charge in [-0.2, -0.15) is 0 Å². The minimum absolute atomic E-state index is 0.0768. The number of carbonyl (C=O) groups excluding carboxylic acids is 1. The number of para-hydroxylation sites is 1. The summed E-state index contributed by atoms with van der Waals surface area (Å²) in [6, 6.07) is 17.9. The molecule has 0 bridgehead atoms. The summed E-state index contributed by atoms with van der Waals surface area (Å²) in [4.78, 5) is 19.8. The van der Waals surface area contributed by atoms with E-state index in [4.69, 9.17) is 4.74 Å². The average Bonchev–Trinajstić information content (AvgIpc) is 3.18. The van der Waals surface area contributed by atoms with Crippen LogP contribution in [0.3, 0.4) is 0 Å². The molecule has 130 valence electrons. The summed E-state index contributed by atoms with van der Waals surface area (Å²) < 4.78 is 5.36. The highest BCUT2D eigenvalue weighted by atomic mass is 16.6. The molecule has 26 heavy (non-hydrogen) atoms. The van der Waals surface area contributed by atoms with Crippen molar-refractivity contribution in [3.63, 3.8) is 0 Å². The molecule has 0 spiro atoms. The minimum Gasteiger partial charge on any atom is -0.402 e. The molecule has 1 aliphatic heterocycles. The zero-order chi connectivity index (χ0) is 18.3. The highest BCUT2D eigenvalue weighted by molar-refractivity contribution is 6.12. The number of H-pyrrole nitrogens is 1. The van der Waals surface area contributed by atoms with Crippen LogP contribution in [-0.4, -0.2) is 16.9 Å². The predicted molar refractivity (Wildman–Crippen MR) is 104 cm³/mol. The molecule has 0 atom stereocenters. The van der Waals surface area contributed by atoms with Gasteiger partial charge in [0.2, 0.25) is 5.90 Å². The molecule has 2 heterocycles.